The molecule has 0 aromatic heterocycles. The monoisotopic (exact) mass is 290 g/mol. The molecule has 2 amide bonds. The number of carbonyl (C=O) groups is 2. The van der Waals surface area contributed by atoms with E-state index in [1.165, 1.54) is 6.42 Å². The maximum Gasteiger partial charge on any atom is 0.238 e. The molecule has 114 valence electrons. The van der Waals surface area contributed by atoms with Gasteiger partial charge in [-0.2, -0.15) is 5.26 Å². The highest BCUT2D eigenvalue weighted by Gasteiger charge is 2.48. The molecule has 6 heteroatoms. The molecule has 6 nitrogen and oxygen atoms in total. The second-order valence-corrected chi connectivity index (χ2v) is 6.72. The molecule has 5 atom stereocenters. The summed E-state index contributed by atoms with van der Waals surface area (Å²) in [5.74, 6) is 1.37. The Bertz CT molecular complexity index is 477. The van der Waals surface area contributed by atoms with E-state index in [1.807, 2.05) is 0 Å². The largest absolute Gasteiger partial charge is 0.356 e. The number of fused-ring (bicyclic) bond motifs is 1. The molecule has 0 spiro atoms. The second kappa shape index (κ2) is 5.64. The van der Waals surface area contributed by atoms with E-state index in [2.05, 4.69) is 16.7 Å². The van der Waals surface area contributed by atoms with Gasteiger partial charge in [0.05, 0.1) is 12.1 Å². The molecule has 1 saturated heterocycles. The summed E-state index contributed by atoms with van der Waals surface area (Å²) in [5, 5.41) is 14.6. The Kier molecular flexibility index (Phi) is 3.85. The highest BCUT2D eigenvalue weighted by Crippen LogP contribution is 2.54. The molecule has 3 fully saturated rings. The molecule has 2 saturated carbocycles. The molecule has 1 heterocycles. The van der Waals surface area contributed by atoms with E-state index in [4.69, 9.17) is 5.73 Å². The lowest BCUT2D eigenvalue weighted by Gasteiger charge is -2.22. The number of hydrogen-bond acceptors (Lipinski definition) is 4. The van der Waals surface area contributed by atoms with Gasteiger partial charge in [0.25, 0.3) is 0 Å². The number of nitrogens with one attached hydrogen (secondary N) is 2. The predicted octanol–water partition coefficient (Wildman–Crippen LogP) is -0.106. The third-order valence-electron chi connectivity index (χ3n) is 5.25. The van der Waals surface area contributed by atoms with Crippen molar-refractivity contribution >= 4 is 11.8 Å². The zero-order valence-corrected chi connectivity index (χ0v) is 12.0. The van der Waals surface area contributed by atoms with Crippen molar-refractivity contribution in [3.8, 4) is 6.07 Å². The molecule has 2 aliphatic carbocycles. The van der Waals surface area contributed by atoms with Crippen molar-refractivity contribution in [3.63, 3.8) is 0 Å². The first-order valence-corrected chi connectivity index (χ1v) is 7.81. The van der Waals surface area contributed by atoms with E-state index in [0.29, 0.717) is 13.0 Å². The first kappa shape index (κ1) is 14.3. The number of rotatable bonds is 5. The normalized spacial score (nSPS) is 36.3. The van der Waals surface area contributed by atoms with Crippen LogP contribution in [0.4, 0.5) is 0 Å². The van der Waals surface area contributed by atoms with Gasteiger partial charge in [0.2, 0.25) is 11.8 Å². The van der Waals surface area contributed by atoms with Crippen molar-refractivity contribution in [2.24, 2.45) is 29.4 Å². The Morgan fingerprint density at radius 1 is 1.43 bits per heavy atom. The fraction of sp³-hybridized carbons (Fsp3) is 0.800. The number of nitrogens with two attached hydrogens (primary N) is 1. The fourth-order valence-corrected chi connectivity index (χ4v) is 3.84. The number of nitriles is 1. The maximum absolute atomic E-state index is 12.2. The molecule has 3 unspecified atom stereocenters. The summed E-state index contributed by atoms with van der Waals surface area (Å²) in [6.45, 7) is 0.653. The Balaban J connectivity index is 1.50. The van der Waals surface area contributed by atoms with Crippen molar-refractivity contribution in [2.75, 3.05) is 6.54 Å². The number of amides is 2. The van der Waals surface area contributed by atoms with Crippen LogP contribution in [0.15, 0.2) is 0 Å². The van der Waals surface area contributed by atoms with E-state index in [-0.39, 0.29) is 23.7 Å². The standard InChI is InChI=1S/C15H22N4O2/c16-7-12(6-8-1-2-18-14(8)20)19-15(21)13(17)11-4-9-3-10(9)5-11/h8-13H,1-6,17H2,(H,18,20)(H,19,21)/t8-,9?,10?,11?,12-,13?/m0/s1. The smallest absolute Gasteiger partial charge is 0.238 e. The van der Waals surface area contributed by atoms with Gasteiger partial charge in [0, 0.05) is 12.5 Å². The highest BCUT2D eigenvalue weighted by atomic mass is 16.2. The van der Waals surface area contributed by atoms with Gasteiger partial charge in [0.1, 0.15) is 6.04 Å². The summed E-state index contributed by atoms with van der Waals surface area (Å²) in [5.41, 5.74) is 6.04. The van der Waals surface area contributed by atoms with E-state index in [9.17, 15) is 14.9 Å². The fourth-order valence-electron chi connectivity index (χ4n) is 3.84. The average Bonchev–Trinajstić information content (AvgIpc) is 2.88. The summed E-state index contributed by atoms with van der Waals surface area (Å²) in [4.78, 5) is 23.7. The van der Waals surface area contributed by atoms with Gasteiger partial charge in [-0.25, -0.2) is 0 Å². The summed E-state index contributed by atoms with van der Waals surface area (Å²) in [7, 11) is 0. The van der Waals surface area contributed by atoms with Gasteiger partial charge < -0.3 is 16.4 Å². The van der Waals surface area contributed by atoms with Crippen LogP contribution in [0.25, 0.3) is 0 Å². The first-order chi connectivity index (χ1) is 10.1. The minimum Gasteiger partial charge on any atom is -0.356 e. The van der Waals surface area contributed by atoms with Gasteiger partial charge in [-0.3, -0.25) is 9.59 Å². The number of hydrogen-bond donors (Lipinski definition) is 3. The van der Waals surface area contributed by atoms with Crippen molar-refractivity contribution < 1.29 is 9.59 Å². The van der Waals surface area contributed by atoms with Crippen LogP contribution in [0.5, 0.6) is 0 Å². The van der Waals surface area contributed by atoms with E-state index >= 15 is 0 Å². The summed E-state index contributed by atoms with van der Waals surface area (Å²) < 4.78 is 0. The number of nitrogens with zero attached hydrogens (tertiary/aromatic N) is 1. The summed E-state index contributed by atoms with van der Waals surface area (Å²) in [6, 6.07) is 0.923. The number of carbonyl (C=O) groups excluding carboxylic acids is 2. The van der Waals surface area contributed by atoms with Crippen LogP contribution in [0.3, 0.4) is 0 Å². The third kappa shape index (κ3) is 3.03. The molecule has 21 heavy (non-hydrogen) atoms. The molecule has 1 aliphatic heterocycles. The van der Waals surface area contributed by atoms with Gasteiger partial charge in [-0.05, 0) is 49.9 Å². The summed E-state index contributed by atoms with van der Waals surface area (Å²) >= 11 is 0. The minimum absolute atomic E-state index is 0.0234. The Morgan fingerprint density at radius 3 is 2.71 bits per heavy atom. The van der Waals surface area contributed by atoms with Crippen LogP contribution >= 0.6 is 0 Å². The van der Waals surface area contributed by atoms with E-state index < -0.39 is 12.1 Å². The van der Waals surface area contributed by atoms with Crippen LogP contribution < -0.4 is 16.4 Å². The van der Waals surface area contributed by atoms with Gasteiger partial charge in [-0.15, -0.1) is 0 Å². The molecular formula is C15H22N4O2. The zero-order valence-electron chi connectivity index (χ0n) is 12.0. The van der Waals surface area contributed by atoms with Crippen LogP contribution in [-0.4, -0.2) is 30.4 Å². The topological polar surface area (TPSA) is 108 Å². The second-order valence-electron chi connectivity index (χ2n) is 6.72. The van der Waals surface area contributed by atoms with Crippen molar-refractivity contribution in [1.82, 2.24) is 10.6 Å². The van der Waals surface area contributed by atoms with Crippen LogP contribution in [0.1, 0.15) is 32.1 Å². The Hall–Kier alpha value is -1.61. The highest BCUT2D eigenvalue weighted by molar-refractivity contribution is 5.83. The van der Waals surface area contributed by atoms with Gasteiger partial charge in [-0.1, -0.05) is 0 Å². The third-order valence-corrected chi connectivity index (χ3v) is 5.25. The molecule has 4 N–H and O–H groups in total. The molecular weight excluding hydrogens is 268 g/mol. The van der Waals surface area contributed by atoms with Crippen LogP contribution in [-0.2, 0) is 9.59 Å². The van der Waals surface area contributed by atoms with Gasteiger partial charge in [0.15, 0.2) is 0 Å². The lowest BCUT2D eigenvalue weighted by molar-refractivity contribution is -0.125. The molecule has 0 aromatic carbocycles. The lowest BCUT2D eigenvalue weighted by Crippen LogP contribution is -2.49. The van der Waals surface area contributed by atoms with Crippen LogP contribution in [0.2, 0.25) is 0 Å². The quantitative estimate of drug-likeness (QED) is 0.656. The lowest BCUT2D eigenvalue weighted by atomic mass is 9.93. The maximum atomic E-state index is 12.2. The molecule has 3 rings (SSSR count). The molecule has 0 bridgehead atoms. The van der Waals surface area contributed by atoms with Gasteiger partial charge >= 0.3 is 0 Å². The first-order valence-electron chi connectivity index (χ1n) is 7.81. The van der Waals surface area contributed by atoms with Crippen LogP contribution in [0, 0.1) is 35.0 Å². The predicted molar refractivity (Wildman–Crippen MR) is 75.6 cm³/mol. The Morgan fingerprint density at radius 2 is 2.14 bits per heavy atom. The zero-order chi connectivity index (χ0) is 15.0. The summed E-state index contributed by atoms with van der Waals surface area (Å²) in [6.07, 6.45) is 4.48. The molecule has 3 aliphatic rings. The SMILES string of the molecule is N#C[C@H](C[C@@H]1CCNC1=O)NC(=O)C(N)C1CC2CC2C1. The van der Waals surface area contributed by atoms with E-state index in [1.54, 1.807) is 0 Å². The van der Waals surface area contributed by atoms with Crippen molar-refractivity contribution in [3.05, 3.63) is 0 Å². The van der Waals surface area contributed by atoms with Crippen molar-refractivity contribution in [1.29, 1.82) is 5.26 Å². The average molecular weight is 290 g/mol. The molecule has 0 aromatic rings. The molecule has 0 radical (unpaired) electrons. The van der Waals surface area contributed by atoms with E-state index in [0.717, 1.165) is 31.1 Å². The van der Waals surface area contributed by atoms with Crippen molar-refractivity contribution in [2.45, 2.75) is 44.2 Å². The minimum atomic E-state index is -0.631. The Labute approximate surface area is 124 Å².